The summed E-state index contributed by atoms with van der Waals surface area (Å²) in [6.45, 7) is 4.20. The van der Waals surface area contributed by atoms with Crippen LogP contribution in [0.15, 0.2) is 24.7 Å². The van der Waals surface area contributed by atoms with E-state index in [0.29, 0.717) is 19.4 Å². The van der Waals surface area contributed by atoms with Crippen LogP contribution in [0.3, 0.4) is 0 Å². The van der Waals surface area contributed by atoms with Crippen LogP contribution in [0.5, 0.6) is 0 Å². The minimum atomic E-state index is -0.942. The van der Waals surface area contributed by atoms with E-state index in [4.69, 9.17) is 4.98 Å². The fraction of sp³-hybridized carbons (Fsp3) is 0.476. The normalized spacial score (nSPS) is 19.4. The molecule has 1 amide bonds. The van der Waals surface area contributed by atoms with E-state index in [2.05, 4.69) is 17.1 Å². The predicted octanol–water partition coefficient (Wildman–Crippen LogP) is 2.26. The zero-order valence-corrected chi connectivity index (χ0v) is 17.4. The van der Waals surface area contributed by atoms with Gasteiger partial charge in [0.1, 0.15) is 6.04 Å². The molecule has 1 fully saturated rings. The number of fused-ring (bicyclic) bond motifs is 1. The first kappa shape index (κ1) is 20.1. The van der Waals surface area contributed by atoms with Gasteiger partial charge in [-0.2, -0.15) is 10.2 Å². The summed E-state index contributed by atoms with van der Waals surface area (Å²) in [4.78, 5) is 30.5. The van der Waals surface area contributed by atoms with E-state index in [0.717, 1.165) is 34.6 Å². The number of amides is 1. The lowest BCUT2D eigenvalue weighted by Gasteiger charge is -2.37. The molecule has 0 spiro atoms. The van der Waals surface area contributed by atoms with Crippen molar-refractivity contribution in [2.75, 3.05) is 6.54 Å². The lowest BCUT2D eigenvalue weighted by Crippen LogP contribution is -2.50. The number of likely N-dealkylation sites (tertiary alicyclic amines) is 1. The highest BCUT2D eigenvalue weighted by Crippen LogP contribution is 2.32. The van der Waals surface area contributed by atoms with Gasteiger partial charge in [-0.05, 0) is 25.3 Å². The molecule has 4 rings (SSSR count). The molecule has 158 valence electrons. The highest BCUT2D eigenvalue weighted by atomic mass is 16.4. The molecule has 2 unspecified atom stereocenters. The number of aliphatic carboxylic acids is 1. The van der Waals surface area contributed by atoms with Gasteiger partial charge < -0.3 is 10.0 Å². The highest BCUT2D eigenvalue weighted by molar-refractivity contribution is 5.84. The molecule has 0 aromatic carbocycles. The van der Waals surface area contributed by atoms with Crippen molar-refractivity contribution in [3.05, 3.63) is 36.0 Å². The highest BCUT2D eigenvalue weighted by Gasteiger charge is 2.36. The molecule has 0 radical (unpaired) electrons. The van der Waals surface area contributed by atoms with Gasteiger partial charge in [-0.1, -0.05) is 13.8 Å². The van der Waals surface area contributed by atoms with Crippen molar-refractivity contribution in [1.29, 1.82) is 0 Å². The molecule has 9 nitrogen and oxygen atoms in total. The van der Waals surface area contributed by atoms with Gasteiger partial charge in [0.15, 0.2) is 5.65 Å². The first-order chi connectivity index (χ1) is 14.4. The largest absolute Gasteiger partial charge is 0.480 e. The number of hydrogen-bond donors (Lipinski definition) is 1. The summed E-state index contributed by atoms with van der Waals surface area (Å²) in [6.07, 6.45) is 7.69. The maximum absolute atomic E-state index is 12.4. The molecule has 1 saturated heterocycles. The van der Waals surface area contributed by atoms with Crippen molar-refractivity contribution >= 4 is 17.5 Å². The molecule has 0 bridgehead atoms. The first-order valence-electron chi connectivity index (χ1n) is 10.3. The zero-order valence-electron chi connectivity index (χ0n) is 17.4. The average molecular weight is 410 g/mol. The standard InChI is InChI=1S/C21H26N6O3/c1-4-15-8-17(13-6-7-18(21(29)30)26(12-13)19(28)5-2)24-20-16(10-23-27(15)20)14-9-22-25(3)11-14/h8-11,13,18H,4-7,12H2,1-3H3,(H,29,30). The van der Waals surface area contributed by atoms with Crippen molar-refractivity contribution < 1.29 is 14.7 Å². The molecule has 30 heavy (non-hydrogen) atoms. The molecule has 0 saturated carbocycles. The van der Waals surface area contributed by atoms with Crippen LogP contribution in [-0.2, 0) is 23.1 Å². The van der Waals surface area contributed by atoms with E-state index in [9.17, 15) is 14.7 Å². The number of nitrogens with zero attached hydrogens (tertiary/aromatic N) is 6. The summed E-state index contributed by atoms with van der Waals surface area (Å²) >= 11 is 0. The predicted molar refractivity (Wildman–Crippen MR) is 110 cm³/mol. The molecular weight excluding hydrogens is 384 g/mol. The molecule has 9 heteroatoms. The van der Waals surface area contributed by atoms with Gasteiger partial charge in [0.2, 0.25) is 5.91 Å². The number of hydrogen-bond acceptors (Lipinski definition) is 5. The van der Waals surface area contributed by atoms with Crippen LogP contribution in [-0.4, -0.2) is 58.8 Å². The fourth-order valence-electron chi connectivity index (χ4n) is 4.22. The van der Waals surface area contributed by atoms with E-state index in [1.807, 2.05) is 23.8 Å². The number of piperidine rings is 1. The summed E-state index contributed by atoms with van der Waals surface area (Å²) in [5.74, 6) is -1.09. The van der Waals surface area contributed by atoms with Gasteiger partial charge >= 0.3 is 5.97 Å². The molecule has 1 N–H and O–H groups in total. The SMILES string of the molecule is CCC(=O)N1CC(c2cc(CC)n3ncc(-c4cnn(C)c4)c3n2)CCC1C(=O)O. The third-order valence-corrected chi connectivity index (χ3v) is 5.85. The molecule has 4 heterocycles. The van der Waals surface area contributed by atoms with Gasteiger partial charge in [-0.3, -0.25) is 9.48 Å². The van der Waals surface area contributed by atoms with Crippen LogP contribution in [0.4, 0.5) is 0 Å². The monoisotopic (exact) mass is 410 g/mol. The number of rotatable bonds is 5. The van der Waals surface area contributed by atoms with Gasteiger partial charge in [0.25, 0.3) is 0 Å². The number of aromatic nitrogens is 5. The summed E-state index contributed by atoms with van der Waals surface area (Å²) < 4.78 is 3.59. The number of carboxylic acid groups (broad SMARTS) is 1. The minimum absolute atomic E-state index is 0.0111. The van der Waals surface area contributed by atoms with Crippen molar-refractivity contribution in [2.45, 2.75) is 51.5 Å². The second-order valence-corrected chi connectivity index (χ2v) is 7.75. The average Bonchev–Trinajstić information content (AvgIpc) is 3.37. The number of aryl methyl sites for hydroxylation is 2. The van der Waals surface area contributed by atoms with E-state index >= 15 is 0 Å². The van der Waals surface area contributed by atoms with Crippen LogP contribution in [0.25, 0.3) is 16.8 Å². The Morgan fingerprint density at radius 1 is 1.20 bits per heavy atom. The molecule has 0 aliphatic carbocycles. The Labute approximate surface area is 174 Å². The Morgan fingerprint density at radius 3 is 2.63 bits per heavy atom. The van der Waals surface area contributed by atoms with Crippen molar-refractivity contribution in [2.24, 2.45) is 7.05 Å². The van der Waals surface area contributed by atoms with E-state index in [1.165, 1.54) is 4.90 Å². The van der Waals surface area contributed by atoms with Gasteiger partial charge in [-0.15, -0.1) is 0 Å². The maximum atomic E-state index is 12.4. The molecule has 1 aliphatic heterocycles. The third kappa shape index (κ3) is 3.44. The molecule has 1 aliphatic rings. The quantitative estimate of drug-likeness (QED) is 0.692. The van der Waals surface area contributed by atoms with Crippen LogP contribution in [0, 0.1) is 0 Å². The zero-order chi connectivity index (χ0) is 21.4. The Kier molecular flexibility index (Phi) is 5.27. The minimum Gasteiger partial charge on any atom is -0.480 e. The summed E-state index contributed by atoms with van der Waals surface area (Å²) in [5.41, 5.74) is 4.50. The van der Waals surface area contributed by atoms with Gasteiger partial charge in [0.05, 0.1) is 12.4 Å². The molecule has 2 atom stereocenters. The molecular formula is C21H26N6O3. The van der Waals surface area contributed by atoms with Gasteiger partial charge in [0, 0.05) is 54.6 Å². The van der Waals surface area contributed by atoms with Crippen molar-refractivity contribution in [1.82, 2.24) is 29.3 Å². The van der Waals surface area contributed by atoms with Gasteiger partial charge in [-0.25, -0.2) is 14.3 Å². The van der Waals surface area contributed by atoms with E-state index in [-0.39, 0.29) is 18.2 Å². The summed E-state index contributed by atoms with van der Waals surface area (Å²) in [5, 5.41) is 18.3. The smallest absolute Gasteiger partial charge is 0.326 e. The number of carbonyl (C=O) groups excluding carboxylic acids is 1. The third-order valence-electron chi connectivity index (χ3n) is 5.85. The Morgan fingerprint density at radius 2 is 2.00 bits per heavy atom. The second kappa shape index (κ2) is 7.89. The lowest BCUT2D eigenvalue weighted by molar-refractivity contribution is -0.152. The Hall–Kier alpha value is -3.23. The molecule has 3 aromatic rings. The number of carbonyl (C=O) groups is 2. The summed E-state index contributed by atoms with van der Waals surface area (Å²) in [6, 6.07) is 1.27. The van der Waals surface area contributed by atoms with Crippen LogP contribution in [0.2, 0.25) is 0 Å². The Balaban J connectivity index is 1.75. The van der Waals surface area contributed by atoms with Crippen LogP contribution >= 0.6 is 0 Å². The fourth-order valence-corrected chi connectivity index (χ4v) is 4.22. The van der Waals surface area contributed by atoms with Crippen LogP contribution < -0.4 is 0 Å². The van der Waals surface area contributed by atoms with Crippen LogP contribution in [0.1, 0.15) is 50.4 Å². The van der Waals surface area contributed by atoms with Crippen molar-refractivity contribution in [3.63, 3.8) is 0 Å². The summed E-state index contributed by atoms with van der Waals surface area (Å²) in [7, 11) is 1.87. The first-order valence-corrected chi connectivity index (χ1v) is 10.3. The molecule has 3 aromatic heterocycles. The Bertz CT molecular complexity index is 1100. The van der Waals surface area contributed by atoms with Crippen molar-refractivity contribution in [3.8, 4) is 11.1 Å². The maximum Gasteiger partial charge on any atom is 0.326 e. The second-order valence-electron chi connectivity index (χ2n) is 7.75. The van der Waals surface area contributed by atoms with E-state index < -0.39 is 12.0 Å². The number of carboxylic acids is 1. The lowest BCUT2D eigenvalue weighted by atomic mass is 9.89. The van der Waals surface area contributed by atoms with E-state index in [1.54, 1.807) is 24.0 Å². The topological polar surface area (TPSA) is 106 Å².